The normalized spacial score (nSPS) is 18.6. The first kappa shape index (κ1) is 15.4. The van der Waals surface area contributed by atoms with Gasteiger partial charge in [0, 0.05) is 26.7 Å². The monoisotopic (exact) mass is 414 g/mol. The third-order valence-electron chi connectivity index (χ3n) is 7.13. The summed E-state index contributed by atoms with van der Waals surface area (Å²) in [7, 11) is 0. The van der Waals surface area contributed by atoms with Gasteiger partial charge in [0.1, 0.15) is 17.1 Å². The number of rotatable bonds is 0. The van der Waals surface area contributed by atoms with Gasteiger partial charge in [-0.2, -0.15) is 0 Å². The van der Waals surface area contributed by atoms with E-state index < -0.39 is 5.66 Å². The van der Waals surface area contributed by atoms with E-state index in [9.17, 15) is 0 Å². The summed E-state index contributed by atoms with van der Waals surface area (Å²) in [6.07, 6.45) is 4.05. The van der Waals surface area contributed by atoms with E-state index in [2.05, 4.69) is 56.5 Å². The van der Waals surface area contributed by atoms with Crippen LogP contribution in [0.25, 0.3) is 27.2 Å². The number of fused-ring (bicyclic) bond motifs is 4. The van der Waals surface area contributed by atoms with Crippen molar-refractivity contribution in [3.8, 4) is 23.1 Å². The third-order valence-corrected chi connectivity index (χ3v) is 7.13. The summed E-state index contributed by atoms with van der Waals surface area (Å²) in [5.41, 5.74) is 3.54. The number of hydrogen-bond donors (Lipinski definition) is 0. The van der Waals surface area contributed by atoms with Crippen LogP contribution in [-0.2, 0) is 5.66 Å². The Balaban J connectivity index is 1.64. The number of benzene rings is 3. The van der Waals surface area contributed by atoms with E-state index >= 15 is 0 Å². The highest BCUT2D eigenvalue weighted by Crippen LogP contribution is 2.56. The predicted molar refractivity (Wildman–Crippen MR) is 115 cm³/mol. The van der Waals surface area contributed by atoms with Crippen LogP contribution in [0.1, 0.15) is 11.1 Å². The topological polar surface area (TPSA) is 44.3 Å². The maximum absolute atomic E-state index is 6.49. The van der Waals surface area contributed by atoms with Crippen LogP contribution in [0.2, 0.25) is 0 Å². The lowest BCUT2D eigenvalue weighted by Crippen LogP contribution is -2.66. The molecule has 148 valence electrons. The molecule has 0 saturated carbocycles. The zero-order chi connectivity index (χ0) is 20.6. The Morgan fingerprint density at radius 2 is 1.53 bits per heavy atom. The fourth-order valence-corrected chi connectivity index (χ4v) is 6.01. The molecule has 3 aromatic carbocycles. The summed E-state index contributed by atoms with van der Waals surface area (Å²) < 4.78 is 17.3. The van der Waals surface area contributed by atoms with Crippen molar-refractivity contribution >= 4 is 27.2 Å². The maximum Gasteiger partial charge on any atom is 0.384 e. The van der Waals surface area contributed by atoms with Gasteiger partial charge in [0.05, 0.1) is 6.07 Å². The molecule has 6 aromatic rings. The van der Waals surface area contributed by atoms with Crippen molar-refractivity contribution in [3.05, 3.63) is 96.3 Å². The molecule has 3 aliphatic rings. The van der Waals surface area contributed by atoms with E-state index in [1.54, 1.807) is 0 Å². The molecule has 6 heteroatoms. The van der Waals surface area contributed by atoms with Crippen LogP contribution < -0.4 is 18.6 Å². The fourth-order valence-electron chi connectivity index (χ4n) is 6.01. The predicted octanol–water partition coefficient (Wildman–Crippen LogP) is 4.04. The van der Waals surface area contributed by atoms with Gasteiger partial charge < -0.3 is 9.47 Å². The summed E-state index contributed by atoms with van der Waals surface area (Å²) in [4.78, 5) is 2.10. The van der Waals surface area contributed by atoms with E-state index in [4.69, 9.17) is 14.6 Å². The zero-order valence-corrected chi connectivity index (χ0v) is 16.7. The van der Waals surface area contributed by atoms with Gasteiger partial charge in [-0.3, -0.25) is 0 Å². The van der Waals surface area contributed by atoms with Crippen molar-refractivity contribution < 1.29 is 18.6 Å². The quantitative estimate of drug-likeness (QED) is 0.278. The Bertz CT molecular complexity index is 1840. The highest BCUT2D eigenvalue weighted by molar-refractivity contribution is 6.11. The number of nitrogens with zero attached hydrogens (tertiary/aromatic N) is 4. The molecule has 0 N–H and O–H groups in total. The molecule has 3 aromatic heterocycles. The highest BCUT2D eigenvalue weighted by Gasteiger charge is 2.68. The van der Waals surface area contributed by atoms with Crippen molar-refractivity contribution in [2.45, 2.75) is 5.66 Å². The Hall–Kier alpha value is -4.45. The molecule has 0 radical (unpaired) electrons. The first-order valence-corrected chi connectivity index (χ1v) is 10.7. The molecule has 6 heterocycles. The molecular weight excluding hydrogens is 400 g/mol. The molecular formula is C26H14N4O2+2. The molecule has 1 atom stereocenters. The van der Waals surface area contributed by atoms with Crippen LogP contribution in [0.4, 0.5) is 0 Å². The lowest BCUT2D eigenvalue weighted by Gasteiger charge is -2.33. The molecule has 1 spiro atoms. The fraction of sp³-hybridized carbons (Fsp3) is 0.0385. The minimum absolute atomic E-state index is 0.736. The Kier molecular flexibility index (Phi) is 2.27. The standard InChI is InChI=1S/C26H14N4O2/c1-2-7-16-15(6-1)17-11-12-21-24-25(17)29-18(16)14-27-30(29)26(24)23-19(31-21)8-5-9-20(23)32-22-10-3-4-13-28(22)26/h1-14H/q+2. The molecule has 0 fully saturated rings. The van der Waals surface area contributed by atoms with Gasteiger partial charge in [-0.15, -0.1) is 9.08 Å². The van der Waals surface area contributed by atoms with Gasteiger partial charge >= 0.3 is 11.5 Å². The van der Waals surface area contributed by atoms with Crippen molar-refractivity contribution in [2.24, 2.45) is 0 Å². The van der Waals surface area contributed by atoms with Crippen LogP contribution >= 0.6 is 0 Å². The number of ether oxygens (including phenoxy) is 2. The zero-order valence-electron chi connectivity index (χ0n) is 16.7. The van der Waals surface area contributed by atoms with Gasteiger partial charge in [-0.05, 0) is 41.8 Å². The van der Waals surface area contributed by atoms with E-state index in [-0.39, 0.29) is 0 Å². The Morgan fingerprint density at radius 1 is 0.719 bits per heavy atom. The third kappa shape index (κ3) is 1.38. The summed E-state index contributed by atoms with van der Waals surface area (Å²) >= 11 is 0. The van der Waals surface area contributed by atoms with Crippen LogP contribution in [-0.4, -0.2) is 9.90 Å². The second-order valence-electron chi connectivity index (χ2n) is 8.53. The van der Waals surface area contributed by atoms with E-state index in [1.165, 1.54) is 16.2 Å². The molecule has 6 nitrogen and oxygen atoms in total. The average Bonchev–Trinajstić information content (AvgIpc) is 3.41. The van der Waals surface area contributed by atoms with Gasteiger partial charge in [0.2, 0.25) is 11.7 Å². The minimum atomic E-state index is -0.736. The van der Waals surface area contributed by atoms with Gasteiger partial charge in [0.25, 0.3) is 0 Å². The van der Waals surface area contributed by atoms with Gasteiger partial charge in [0.15, 0.2) is 23.0 Å². The van der Waals surface area contributed by atoms with Crippen LogP contribution in [0, 0.1) is 0 Å². The van der Waals surface area contributed by atoms with E-state index in [0.29, 0.717) is 0 Å². The molecule has 32 heavy (non-hydrogen) atoms. The smallest absolute Gasteiger partial charge is 0.384 e. The number of pyridine rings is 2. The first-order chi connectivity index (χ1) is 15.9. The van der Waals surface area contributed by atoms with E-state index in [0.717, 1.165) is 45.3 Å². The maximum atomic E-state index is 6.49. The van der Waals surface area contributed by atoms with Crippen molar-refractivity contribution in [3.63, 3.8) is 0 Å². The van der Waals surface area contributed by atoms with Crippen molar-refractivity contribution in [1.82, 2.24) is 9.90 Å². The molecule has 0 aliphatic carbocycles. The summed E-state index contributed by atoms with van der Waals surface area (Å²) in [6.45, 7) is 0. The van der Waals surface area contributed by atoms with Crippen LogP contribution in [0.15, 0.2) is 85.2 Å². The average molecular weight is 414 g/mol. The van der Waals surface area contributed by atoms with E-state index in [1.807, 2.05) is 42.6 Å². The SMILES string of the molecule is c1cc2c3c(c1)Oc1cccc[n+]1C31c3c(ccc4c5ccccc5c5cnn1[n+]5c34)O2. The molecule has 3 aliphatic heterocycles. The molecule has 0 saturated heterocycles. The second kappa shape index (κ2) is 4.73. The number of hydrogen-bond acceptors (Lipinski definition) is 3. The Labute approximate surface area is 181 Å². The summed E-state index contributed by atoms with van der Waals surface area (Å²) in [6, 6.07) is 24.8. The first-order valence-electron chi connectivity index (χ1n) is 10.7. The molecule has 1 unspecified atom stereocenters. The Morgan fingerprint density at radius 3 is 2.47 bits per heavy atom. The van der Waals surface area contributed by atoms with Gasteiger partial charge in [-0.25, -0.2) is 0 Å². The lowest BCUT2D eigenvalue weighted by molar-refractivity contribution is -0.788. The molecule has 9 rings (SSSR count). The minimum Gasteiger partial charge on any atom is -0.456 e. The molecule has 0 amide bonds. The highest BCUT2D eigenvalue weighted by atomic mass is 16.5. The largest absolute Gasteiger partial charge is 0.456 e. The number of aromatic nitrogens is 4. The lowest BCUT2D eigenvalue weighted by atomic mass is 9.85. The summed E-state index contributed by atoms with van der Waals surface area (Å²) in [5, 5.41) is 8.59. The van der Waals surface area contributed by atoms with Crippen molar-refractivity contribution in [2.75, 3.05) is 0 Å². The van der Waals surface area contributed by atoms with Crippen molar-refractivity contribution in [1.29, 1.82) is 0 Å². The van der Waals surface area contributed by atoms with Gasteiger partial charge in [-0.1, -0.05) is 24.3 Å². The second-order valence-corrected chi connectivity index (χ2v) is 8.53. The summed E-state index contributed by atoms with van der Waals surface area (Å²) in [5.74, 6) is 3.19. The van der Waals surface area contributed by atoms with Crippen LogP contribution in [0.5, 0.6) is 23.1 Å². The molecule has 0 bridgehead atoms. The van der Waals surface area contributed by atoms with Crippen LogP contribution in [0.3, 0.4) is 0 Å².